The topological polar surface area (TPSA) is 64.9 Å². The highest BCUT2D eigenvalue weighted by Crippen LogP contribution is 2.21. The van der Waals surface area contributed by atoms with Crippen molar-refractivity contribution in [2.75, 3.05) is 5.73 Å². The Labute approximate surface area is 69.0 Å². The summed E-state index contributed by atoms with van der Waals surface area (Å²) in [5.74, 6) is 0. The first-order valence-corrected chi connectivity index (χ1v) is 3.48. The zero-order valence-electron chi connectivity index (χ0n) is 6.27. The molecule has 0 bridgehead atoms. The number of anilines is 1. The molecule has 0 saturated carbocycles. The standard InChI is InChI=1S/C8H7N3O/c9-7-5-10-3-1-6(7)8-2-4-12-11-8/h1-5H,9H2. The second kappa shape index (κ2) is 2.65. The average Bonchev–Trinajstić information content (AvgIpc) is 2.57. The van der Waals surface area contributed by atoms with Crippen LogP contribution < -0.4 is 5.73 Å². The van der Waals surface area contributed by atoms with E-state index in [4.69, 9.17) is 10.3 Å². The van der Waals surface area contributed by atoms with Gasteiger partial charge >= 0.3 is 0 Å². The molecular weight excluding hydrogens is 154 g/mol. The van der Waals surface area contributed by atoms with E-state index in [1.807, 2.05) is 0 Å². The van der Waals surface area contributed by atoms with Crippen LogP contribution in [0.4, 0.5) is 5.69 Å². The van der Waals surface area contributed by atoms with E-state index in [1.165, 1.54) is 6.26 Å². The Balaban J connectivity index is 2.55. The second-order valence-electron chi connectivity index (χ2n) is 2.35. The molecule has 0 saturated heterocycles. The average molecular weight is 161 g/mol. The molecule has 2 aromatic rings. The molecule has 0 amide bonds. The molecule has 0 aliphatic rings. The molecule has 0 atom stereocenters. The van der Waals surface area contributed by atoms with E-state index in [0.717, 1.165) is 11.3 Å². The molecule has 0 aliphatic heterocycles. The van der Waals surface area contributed by atoms with Gasteiger partial charge in [0.15, 0.2) is 0 Å². The van der Waals surface area contributed by atoms with Gasteiger partial charge in [0.05, 0.1) is 11.9 Å². The third kappa shape index (κ3) is 1.03. The summed E-state index contributed by atoms with van der Waals surface area (Å²) in [6, 6.07) is 3.55. The van der Waals surface area contributed by atoms with Gasteiger partial charge in [0.1, 0.15) is 12.0 Å². The molecule has 4 nitrogen and oxygen atoms in total. The van der Waals surface area contributed by atoms with Gasteiger partial charge in [-0.15, -0.1) is 0 Å². The largest absolute Gasteiger partial charge is 0.397 e. The Bertz CT molecular complexity index is 370. The van der Waals surface area contributed by atoms with Crippen molar-refractivity contribution in [3.63, 3.8) is 0 Å². The number of nitrogens with two attached hydrogens (primary N) is 1. The highest BCUT2D eigenvalue weighted by molar-refractivity contribution is 5.71. The van der Waals surface area contributed by atoms with E-state index in [0.29, 0.717) is 5.69 Å². The van der Waals surface area contributed by atoms with E-state index >= 15 is 0 Å². The zero-order valence-corrected chi connectivity index (χ0v) is 6.27. The summed E-state index contributed by atoms with van der Waals surface area (Å²) >= 11 is 0. The van der Waals surface area contributed by atoms with Gasteiger partial charge in [-0.1, -0.05) is 5.16 Å². The molecular formula is C8H7N3O. The molecule has 2 rings (SSSR count). The maximum absolute atomic E-state index is 5.67. The Kier molecular flexibility index (Phi) is 1.51. The van der Waals surface area contributed by atoms with Gasteiger partial charge in [-0.05, 0) is 6.07 Å². The molecule has 4 heteroatoms. The van der Waals surface area contributed by atoms with Gasteiger partial charge in [-0.25, -0.2) is 0 Å². The fraction of sp³-hybridized carbons (Fsp3) is 0. The van der Waals surface area contributed by atoms with E-state index in [9.17, 15) is 0 Å². The summed E-state index contributed by atoms with van der Waals surface area (Å²) in [5, 5.41) is 3.76. The van der Waals surface area contributed by atoms with Crippen LogP contribution in [0.5, 0.6) is 0 Å². The lowest BCUT2D eigenvalue weighted by molar-refractivity contribution is 0.422. The fourth-order valence-electron chi connectivity index (χ4n) is 0.991. The molecule has 2 aromatic heterocycles. The maximum Gasteiger partial charge on any atom is 0.124 e. The second-order valence-corrected chi connectivity index (χ2v) is 2.35. The van der Waals surface area contributed by atoms with Crippen LogP contribution in [0.2, 0.25) is 0 Å². The Morgan fingerprint density at radius 3 is 2.92 bits per heavy atom. The van der Waals surface area contributed by atoms with Crippen LogP contribution in [0.3, 0.4) is 0 Å². The van der Waals surface area contributed by atoms with Crippen molar-refractivity contribution in [1.82, 2.24) is 10.1 Å². The summed E-state index contributed by atoms with van der Waals surface area (Å²) in [7, 11) is 0. The summed E-state index contributed by atoms with van der Waals surface area (Å²) in [4.78, 5) is 3.87. The first-order chi connectivity index (χ1) is 5.88. The SMILES string of the molecule is Nc1cnccc1-c1ccon1. The number of hydrogen-bond donors (Lipinski definition) is 1. The highest BCUT2D eigenvalue weighted by atomic mass is 16.5. The smallest absolute Gasteiger partial charge is 0.124 e. The number of nitrogens with zero attached hydrogens (tertiary/aromatic N) is 2. The number of rotatable bonds is 1. The van der Waals surface area contributed by atoms with Gasteiger partial charge in [0.2, 0.25) is 0 Å². The Morgan fingerprint density at radius 1 is 1.33 bits per heavy atom. The van der Waals surface area contributed by atoms with Crippen molar-refractivity contribution in [2.24, 2.45) is 0 Å². The fourth-order valence-corrected chi connectivity index (χ4v) is 0.991. The van der Waals surface area contributed by atoms with Crippen LogP contribution in [-0.2, 0) is 0 Å². The van der Waals surface area contributed by atoms with Crippen molar-refractivity contribution in [1.29, 1.82) is 0 Å². The summed E-state index contributed by atoms with van der Waals surface area (Å²) < 4.78 is 4.70. The van der Waals surface area contributed by atoms with Gasteiger partial charge in [0, 0.05) is 17.8 Å². The number of aromatic nitrogens is 2. The van der Waals surface area contributed by atoms with E-state index in [-0.39, 0.29) is 0 Å². The van der Waals surface area contributed by atoms with Gasteiger partial charge in [-0.2, -0.15) is 0 Å². The first kappa shape index (κ1) is 6.84. The van der Waals surface area contributed by atoms with Crippen molar-refractivity contribution >= 4 is 5.69 Å². The van der Waals surface area contributed by atoms with Gasteiger partial charge in [-0.3, -0.25) is 4.98 Å². The molecule has 0 aromatic carbocycles. The highest BCUT2D eigenvalue weighted by Gasteiger charge is 2.03. The molecule has 0 fully saturated rings. The van der Waals surface area contributed by atoms with Crippen LogP contribution in [-0.4, -0.2) is 10.1 Å². The lowest BCUT2D eigenvalue weighted by atomic mass is 10.2. The quantitative estimate of drug-likeness (QED) is 0.685. The molecule has 2 N–H and O–H groups in total. The number of nitrogen functional groups attached to an aromatic ring is 1. The van der Waals surface area contributed by atoms with E-state index in [2.05, 4.69) is 10.1 Å². The lowest BCUT2D eigenvalue weighted by Gasteiger charge is -1.97. The minimum Gasteiger partial charge on any atom is -0.397 e. The van der Waals surface area contributed by atoms with Crippen LogP contribution in [0.1, 0.15) is 0 Å². The number of hydrogen-bond acceptors (Lipinski definition) is 4. The normalized spacial score (nSPS) is 10.0. The van der Waals surface area contributed by atoms with Crippen LogP contribution in [0, 0.1) is 0 Å². The van der Waals surface area contributed by atoms with Crippen LogP contribution in [0.15, 0.2) is 35.3 Å². The monoisotopic (exact) mass is 161 g/mol. The minimum absolute atomic E-state index is 0.603. The molecule has 0 unspecified atom stereocenters. The van der Waals surface area contributed by atoms with Gasteiger partial charge < -0.3 is 10.3 Å². The summed E-state index contributed by atoms with van der Waals surface area (Å²) in [6.45, 7) is 0. The van der Waals surface area contributed by atoms with Crippen molar-refractivity contribution in [3.8, 4) is 11.3 Å². The first-order valence-electron chi connectivity index (χ1n) is 3.48. The van der Waals surface area contributed by atoms with E-state index in [1.54, 1.807) is 24.5 Å². The predicted octanol–water partition coefficient (Wildman–Crippen LogP) is 1.32. The molecule has 12 heavy (non-hydrogen) atoms. The lowest BCUT2D eigenvalue weighted by Crippen LogP contribution is -1.90. The van der Waals surface area contributed by atoms with Crippen LogP contribution >= 0.6 is 0 Å². The third-order valence-electron chi connectivity index (χ3n) is 1.57. The van der Waals surface area contributed by atoms with Crippen molar-refractivity contribution < 1.29 is 4.52 Å². The zero-order chi connectivity index (χ0) is 8.39. The number of pyridine rings is 1. The predicted molar refractivity (Wildman–Crippen MR) is 44.1 cm³/mol. The van der Waals surface area contributed by atoms with Gasteiger partial charge in [0.25, 0.3) is 0 Å². The third-order valence-corrected chi connectivity index (χ3v) is 1.57. The molecule has 2 heterocycles. The summed E-state index contributed by atoms with van der Waals surface area (Å²) in [5.41, 5.74) is 7.85. The molecule has 0 aliphatic carbocycles. The maximum atomic E-state index is 5.67. The van der Waals surface area contributed by atoms with Crippen molar-refractivity contribution in [3.05, 3.63) is 30.8 Å². The Morgan fingerprint density at radius 2 is 2.25 bits per heavy atom. The van der Waals surface area contributed by atoms with E-state index < -0.39 is 0 Å². The molecule has 0 spiro atoms. The molecule has 60 valence electrons. The molecule has 0 radical (unpaired) electrons. The minimum atomic E-state index is 0.603. The van der Waals surface area contributed by atoms with Crippen LogP contribution in [0.25, 0.3) is 11.3 Å². The van der Waals surface area contributed by atoms with Crippen molar-refractivity contribution in [2.45, 2.75) is 0 Å². The Hall–Kier alpha value is -1.84. The summed E-state index contributed by atoms with van der Waals surface area (Å²) in [6.07, 6.45) is 4.76.